The molecule has 0 aliphatic heterocycles. The van der Waals surface area contributed by atoms with Crippen LogP contribution in [0.1, 0.15) is 11.1 Å². The Balaban J connectivity index is 2.94. The molecule has 0 aliphatic rings. The molecule has 13 heavy (non-hydrogen) atoms. The predicted molar refractivity (Wildman–Crippen MR) is 56.5 cm³/mol. The van der Waals surface area contributed by atoms with Crippen molar-refractivity contribution < 1.29 is 4.74 Å². The first-order chi connectivity index (χ1) is 5.88. The Morgan fingerprint density at radius 3 is 2.31 bits per heavy atom. The van der Waals surface area contributed by atoms with E-state index in [4.69, 9.17) is 28.3 Å². The zero-order valence-corrected chi connectivity index (χ0v) is 7.87. The summed E-state index contributed by atoms with van der Waals surface area (Å²) in [5.74, 6) is 0.618. The van der Waals surface area contributed by atoms with E-state index >= 15 is 0 Å². The van der Waals surface area contributed by atoms with E-state index < -0.39 is 5.30 Å². The standard InChI is InChI=1S/C9H9B3O/c1-6-3-4-7(2)8(5-6)13-9(10,11)12/h3-5H,1-2H3. The van der Waals surface area contributed by atoms with Crippen LogP contribution < -0.4 is 4.74 Å². The first kappa shape index (κ1) is 10.3. The van der Waals surface area contributed by atoms with Crippen LogP contribution in [0.2, 0.25) is 0 Å². The van der Waals surface area contributed by atoms with Crippen LogP contribution in [0.3, 0.4) is 0 Å². The summed E-state index contributed by atoms with van der Waals surface area (Å²) in [5, 5.41) is -1.61. The molecule has 0 atom stereocenters. The number of rotatable bonds is 2. The molecule has 60 valence electrons. The monoisotopic (exact) mass is 166 g/mol. The fourth-order valence-corrected chi connectivity index (χ4v) is 1.01. The topological polar surface area (TPSA) is 9.23 Å². The Morgan fingerprint density at radius 2 is 1.77 bits per heavy atom. The third kappa shape index (κ3) is 3.21. The summed E-state index contributed by atoms with van der Waals surface area (Å²) in [6, 6.07) is 5.75. The van der Waals surface area contributed by atoms with E-state index in [1.807, 2.05) is 32.0 Å². The molecule has 0 saturated carbocycles. The van der Waals surface area contributed by atoms with Gasteiger partial charge in [-0.2, -0.15) is 0 Å². The van der Waals surface area contributed by atoms with E-state index in [0.717, 1.165) is 11.1 Å². The van der Waals surface area contributed by atoms with Gasteiger partial charge in [-0.05, 0) is 36.3 Å². The average Bonchev–Trinajstić information content (AvgIpc) is 1.94. The molecule has 0 saturated heterocycles. The zero-order valence-electron chi connectivity index (χ0n) is 7.87. The van der Waals surface area contributed by atoms with Crippen molar-refractivity contribution >= 4 is 23.5 Å². The molecule has 4 heteroatoms. The van der Waals surface area contributed by atoms with E-state index in [1.54, 1.807) is 0 Å². The third-order valence-electron chi connectivity index (χ3n) is 1.63. The van der Waals surface area contributed by atoms with Crippen LogP contribution in [0.5, 0.6) is 5.75 Å². The van der Waals surface area contributed by atoms with Crippen molar-refractivity contribution in [2.45, 2.75) is 19.1 Å². The highest BCUT2D eigenvalue weighted by molar-refractivity contribution is 6.58. The molecule has 0 amide bonds. The molecule has 0 unspecified atom stereocenters. The van der Waals surface area contributed by atoms with Crippen LogP contribution in [0.4, 0.5) is 0 Å². The van der Waals surface area contributed by atoms with Crippen LogP contribution in [-0.2, 0) is 0 Å². The quantitative estimate of drug-likeness (QED) is 0.589. The summed E-state index contributed by atoms with van der Waals surface area (Å²) in [4.78, 5) is 0. The number of aryl methyl sites for hydroxylation is 2. The van der Waals surface area contributed by atoms with Crippen LogP contribution in [0.15, 0.2) is 18.2 Å². The van der Waals surface area contributed by atoms with Crippen molar-refractivity contribution in [2.75, 3.05) is 0 Å². The molecular weight excluding hydrogens is 157 g/mol. The predicted octanol–water partition coefficient (Wildman–Crippen LogP) is 0.799. The van der Waals surface area contributed by atoms with Gasteiger partial charge in [0.1, 0.15) is 29.3 Å². The Morgan fingerprint density at radius 1 is 1.15 bits per heavy atom. The van der Waals surface area contributed by atoms with Gasteiger partial charge in [0, 0.05) is 0 Å². The van der Waals surface area contributed by atoms with Crippen LogP contribution >= 0.6 is 0 Å². The minimum absolute atomic E-state index is 0.618. The highest BCUT2D eigenvalue weighted by Gasteiger charge is 2.11. The lowest BCUT2D eigenvalue weighted by atomic mass is 9.52. The SMILES string of the molecule is [B]C([B])([B])Oc1cc(C)ccc1C. The Bertz CT molecular complexity index is 304. The molecular formula is C9H9B3O. The van der Waals surface area contributed by atoms with Gasteiger partial charge in [0.2, 0.25) is 0 Å². The molecule has 0 spiro atoms. The van der Waals surface area contributed by atoms with Gasteiger partial charge >= 0.3 is 0 Å². The molecule has 0 aromatic heterocycles. The van der Waals surface area contributed by atoms with Gasteiger partial charge in [0.15, 0.2) is 0 Å². The molecule has 0 N–H and O–H groups in total. The molecule has 1 aromatic carbocycles. The van der Waals surface area contributed by atoms with E-state index in [0.29, 0.717) is 5.75 Å². The van der Waals surface area contributed by atoms with Crippen molar-refractivity contribution in [1.82, 2.24) is 0 Å². The molecule has 6 radical (unpaired) electrons. The van der Waals surface area contributed by atoms with Gasteiger partial charge in [0.25, 0.3) is 0 Å². The van der Waals surface area contributed by atoms with Crippen molar-refractivity contribution in [1.29, 1.82) is 0 Å². The van der Waals surface area contributed by atoms with E-state index in [1.165, 1.54) is 0 Å². The lowest BCUT2D eigenvalue weighted by molar-refractivity contribution is 0.316. The lowest BCUT2D eigenvalue weighted by Gasteiger charge is -2.24. The first-order valence-electron chi connectivity index (χ1n) is 4.01. The fourth-order valence-electron chi connectivity index (χ4n) is 1.01. The highest BCUT2D eigenvalue weighted by Crippen LogP contribution is 2.20. The summed E-state index contributed by atoms with van der Waals surface area (Å²) in [6.07, 6.45) is 0. The van der Waals surface area contributed by atoms with Crippen LogP contribution in [0.25, 0.3) is 0 Å². The zero-order chi connectivity index (χ0) is 10.1. The fraction of sp³-hybridized carbons (Fsp3) is 0.333. The van der Waals surface area contributed by atoms with Gasteiger partial charge in [-0.25, -0.2) is 0 Å². The largest absolute Gasteiger partial charge is 0.516 e. The van der Waals surface area contributed by atoms with Gasteiger partial charge in [0.05, 0.1) is 0 Å². The Hall–Kier alpha value is -0.785. The summed E-state index contributed by atoms with van der Waals surface area (Å²) < 4.78 is 5.15. The molecule has 0 heterocycles. The molecule has 0 aliphatic carbocycles. The number of hydrogen-bond acceptors (Lipinski definition) is 1. The molecule has 0 bridgehead atoms. The van der Waals surface area contributed by atoms with Gasteiger partial charge in [-0.15, -0.1) is 0 Å². The highest BCUT2D eigenvalue weighted by atomic mass is 16.5. The van der Waals surface area contributed by atoms with E-state index in [-0.39, 0.29) is 0 Å². The van der Waals surface area contributed by atoms with Gasteiger partial charge in [-0.3, -0.25) is 0 Å². The lowest BCUT2D eigenvalue weighted by Crippen LogP contribution is -2.37. The van der Waals surface area contributed by atoms with Crippen molar-refractivity contribution in [3.63, 3.8) is 0 Å². The second-order valence-electron chi connectivity index (χ2n) is 3.22. The molecule has 0 fully saturated rings. The number of hydrogen-bond donors (Lipinski definition) is 0. The van der Waals surface area contributed by atoms with Crippen molar-refractivity contribution in [3.05, 3.63) is 29.3 Å². The Labute approximate surface area is 83.1 Å². The minimum Gasteiger partial charge on any atom is -0.516 e. The molecule has 1 aromatic rings. The van der Waals surface area contributed by atoms with Crippen LogP contribution in [-0.4, -0.2) is 28.8 Å². The number of ether oxygens (including phenoxy) is 1. The average molecular weight is 166 g/mol. The smallest absolute Gasteiger partial charge is 0.119 e. The maximum atomic E-state index is 5.32. The second-order valence-corrected chi connectivity index (χ2v) is 3.22. The maximum Gasteiger partial charge on any atom is 0.119 e. The Kier molecular flexibility index (Phi) is 2.79. The third-order valence-corrected chi connectivity index (χ3v) is 1.63. The first-order valence-corrected chi connectivity index (χ1v) is 4.01. The summed E-state index contributed by atoms with van der Waals surface area (Å²) in [5.41, 5.74) is 2.03. The molecule has 1 rings (SSSR count). The van der Waals surface area contributed by atoms with E-state index in [9.17, 15) is 0 Å². The van der Waals surface area contributed by atoms with Crippen LogP contribution in [0, 0.1) is 13.8 Å². The maximum absolute atomic E-state index is 5.32. The van der Waals surface area contributed by atoms with Gasteiger partial charge in [-0.1, -0.05) is 12.1 Å². The molecule has 1 nitrogen and oxygen atoms in total. The summed E-state index contributed by atoms with van der Waals surface area (Å²) >= 11 is 0. The summed E-state index contributed by atoms with van der Waals surface area (Å²) in [7, 11) is 16.0. The summed E-state index contributed by atoms with van der Waals surface area (Å²) in [6.45, 7) is 3.86. The normalized spacial score (nSPS) is 11.2. The minimum atomic E-state index is -1.61. The number of benzene rings is 1. The van der Waals surface area contributed by atoms with Crippen molar-refractivity contribution in [2.24, 2.45) is 0 Å². The van der Waals surface area contributed by atoms with Crippen molar-refractivity contribution in [3.8, 4) is 5.75 Å². The van der Waals surface area contributed by atoms with E-state index in [2.05, 4.69) is 0 Å². The van der Waals surface area contributed by atoms with Gasteiger partial charge < -0.3 is 4.74 Å². The second kappa shape index (κ2) is 3.53.